The molecule has 0 spiro atoms. The van der Waals surface area contributed by atoms with Crippen LogP contribution < -0.4 is 10.1 Å². The second-order valence-corrected chi connectivity index (χ2v) is 10.6. The van der Waals surface area contributed by atoms with Crippen LogP contribution in [0.4, 0.5) is 13.2 Å². The summed E-state index contributed by atoms with van der Waals surface area (Å²) in [5.41, 5.74) is 3.24. The van der Waals surface area contributed by atoms with E-state index >= 15 is 0 Å². The van der Waals surface area contributed by atoms with Crippen LogP contribution in [0.15, 0.2) is 36.4 Å². The van der Waals surface area contributed by atoms with E-state index in [9.17, 15) is 18.0 Å². The Morgan fingerprint density at radius 2 is 1.87 bits per heavy atom. The zero-order valence-corrected chi connectivity index (χ0v) is 22.0. The van der Waals surface area contributed by atoms with Crippen molar-refractivity contribution in [3.63, 3.8) is 0 Å². The Hall–Kier alpha value is -2.62. The molecule has 9 heteroatoms. The van der Waals surface area contributed by atoms with Crippen LogP contribution in [0.5, 0.6) is 5.75 Å². The van der Waals surface area contributed by atoms with Crippen LogP contribution in [0.1, 0.15) is 57.9 Å². The number of fused-ring (bicyclic) bond motifs is 1. The Kier molecular flexibility index (Phi) is 7.98. The summed E-state index contributed by atoms with van der Waals surface area (Å²) < 4.78 is 50.6. The minimum Gasteiger partial charge on any atom is -0.491 e. The molecule has 3 aliphatic rings. The zero-order valence-electron chi connectivity index (χ0n) is 22.0. The second-order valence-electron chi connectivity index (χ2n) is 10.6. The SMILES string of the molecule is Cc1c(OCC2CNCCO2)ccc([C@H]2CCCC3CN(C(=O)c4ccc(C(F)(F)F)cc4)CCN32)c1C. The van der Waals surface area contributed by atoms with Gasteiger partial charge in [-0.25, -0.2) is 0 Å². The van der Waals surface area contributed by atoms with E-state index in [0.717, 1.165) is 62.3 Å². The molecule has 3 fully saturated rings. The molecule has 38 heavy (non-hydrogen) atoms. The molecule has 0 bridgehead atoms. The van der Waals surface area contributed by atoms with E-state index in [1.165, 1.54) is 23.3 Å². The number of piperazine rings is 1. The van der Waals surface area contributed by atoms with Crippen LogP contribution >= 0.6 is 0 Å². The monoisotopic (exact) mass is 531 g/mol. The normalized spacial score (nSPS) is 24.7. The van der Waals surface area contributed by atoms with Gasteiger partial charge in [-0.15, -0.1) is 0 Å². The summed E-state index contributed by atoms with van der Waals surface area (Å²) in [7, 11) is 0. The molecule has 0 aliphatic carbocycles. The lowest BCUT2D eigenvalue weighted by atomic mass is 9.86. The molecule has 0 aromatic heterocycles. The highest BCUT2D eigenvalue weighted by Crippen LogP contribution is 2.40. The number of nitrogens with one attached hydrogen (secondary N) is 1. The molecule has 3 atom stereocenters. The Balaban J connectivity index is 1.25. The number of hydrogen-bond donors (Lipinski definition) is 1. The van der Waals surface area contributed by atoms with E-state index < -0.39 is 11.7 Å². The lowest BCUT2D eigenvalue weighted by molar-refractivity contribution is -0.137. The number of halogens is 3. The predicted octanol–water partition coefficient (Wildman–Crippen LogP) is 4.74. The highest BCUT2D eigenvalue weighted by molar-refractivity contribution is 5.94. The summed E-state index contributed by atoms with van der Waals surface area (Å²) in [6, 6.07) is 9.30. The molecule has 6 nitrogen and oxygen atoms in total. The number of hydrogen-bond acceptors (Lipinski definition) is 5. The van der Waals surface area contributed by atoms with Gasteiger partial charge < -0.3 is 19.7 Å². The van der Waals surface area contributed by atoms with Crippen molar-refractivity contribution in [3.8, 4) is 5.75 Å². The maximum absolute atomic E-state index is 13.1. The van der Waals surface area contributed by atoms with Crippen molar-refractivity contribution in [2.75, 3.05) is 45.9 Å². The van der Waals surface area contributed by atoms with Gasteiger partial charge in [0.1, 0.15) is 18.5 Å². The number of amides is 1. The van der Waals surface area contributed by atoms with Crippen LogP contribution in [-0.2, 0) is 10.9 Å². The van der Waals surface area contributed by atoms with Crippen LogP contribution in [0.2, 0.25) is 0 Å². The van der Waals surface area contributed by atoms with Gasteiger partial charge in [0.2, 0.25) is 0 Å². The number of alkyl halides is 3. The van der Waals surface area contributed by atoms with Crippen molar-refractivity contribution in [2.24, 2.45) is 0 Å². The van der Waals surface area contributed by atoms with Gasteiger partial charge in [0.15, 0.2) is 0 Å². The minimum absolute atomic E-state index is 0.0591. The van der Waals surface area contributed by atoms with Crippen molar-refractivity contribution < 1.29 is 27.4 Å². The Bertz CT molecular complexity index is 1130. The van der Waals surface area contributed by atoms with E-state index in [1.54, 1.807) is 4.90 Å². The Morgan fingerprint density at radius 1 is 1.08 bits per heavy atom. The highest BCUT2D eigenvalue weighted by atomic mass is 19.4. The quantitative estimate of drug-likeness (QED) is 0.604. The predicted molar refractivity (Wildman–Crippen MR) is 138 cm³/mol. The van der Waals surface area contributed by atoms with Crippen molar-refractivity contribution in [3.05, 3.63) is 64.2 Å². The van der Waals surface area contributed by atoms with E-state index in [-0.39, 0.29) is 24.1 Å². The fourth-order valence-electron chi connectivity index (χ4n) is 6.00. The molecule has 0 radical (unpaired) electrons. The third-order valence-corrected chi connectivity index (χ3v) is 8.26. The largest absolute Gasteiger partial charge is 0.491 e. The molecule has 3 aliphatic heterocycles. The van der Waals surface area contributed by atoms with Crippen molar-refractivity contribution in [1.29, 1.82) is 0 Å². The number of piperidine rings is 1. The molecule has 5 rings (SSSR count). The smallest absolute Gasteiger partial charge is 0.416 e. The van der Waals surface area contributed by atoms with Crippen LogP contribution in [0.3, 0.4) is 0 Å². The van der Waals surface area contributed by atoms with Crippen LogP contribution in [0, 0.1) is 13.8 Å². The zero-order chi connectivity index (χ0) is 26.9. The molecule has 3 heterocycles. The first-order chi connectivity index (χ1) is 18.2. The molecular formula is C29H36F3N3O3. The van der Waals surface area contributed by atoms with Gasteiger partial charge in [-0.3, -0.25) is 9.69 Å². The maximum atomic E-state index is 13.1. The maximum Gasteiger partial charge on any atom is 0.416 e. The standard InChI is InChI=1S/C29H36F3N3O3/c1-19-20(2)27(38-18-24-16-33-12-15-37-24)11-10-25(19)26-5-3-4-23-17-34(13-14-35(23)26)28(36)21-6-8-22(9-7-21)29(30,31)32/h6-11,23-24,26,33H,3-5,12-18H2,1-2H3/t23?,24?,26-/m1/s1. The van der Waals surface area contributed by atoms with Gasteiger partial charge in [-0.05, 0) is 80.1 Å². The van der Waals surface area contributed by atoms with Gasteiger partial charge in [0.05, 0.1) is 12.2 Å². The average molecular weight is 532 g/mol. The van der Waals surface area contributed by atoms with Gasteiger partial charge in [-0.1, -0.05) is 6.07 Å². The number of rotatable bonds is 5. The molecule has 206 valence electrons. The fraction of sp³-hybridized carbons (Fsp3) is 0.552. The highest BCUT2D eigenvalue weighted by Gasteiger charge is 2.38. The summed E-state index contributed by atoms with van der Waals surface area (Å²) in [5, 5.41) is 3.33. The van der Waals surface area contributed by atoms with E-state index in [1.807, 2.05) is 0 Å². The molecular weight excluding hydrogens is 495 g/mol. The molecule has 2 aromatic carbocycles. The molecule has 1 N–H and O–H groups in total. The van der Waals surface area contributed by atoms with Crippen molar-refractivity contribution >= 4 is 5.91 Å². The number of carbonyl (C=O) groups is 1. The molecule has 3 saturated heterocycles. The van der Waals surface area contributed by atoms with Gasteiger partial charge in [0.25, 0.3) is 5.91 Å². The number of benzene rings is 2. The Morgan fingerprint density at radius 3 is 2.58 bits per heavy atom. The summed E-state index contributed by atoms with van der Waals surface area (Å²) in [5.74, 6) is 0.686. The number of nitrogens with zero attached hydrogens (tertiary/aromatic N) is 2. The second kappa shape index (κ2) is 11.2. The summed E-state index contributed by atoms with van der Waals surface area (Å²) in [6.07, 6.45) is -1.22. The number of ether oxygens (including phenoxy) is 2. The molecule has 2 aromatic rings. The van der Waals surface area contributed by atoms with Crippen molar-refractivity contribution in [2.45, 2.75) is 57.5 Å². The first kappa shape index (κ1) is 27.0. The first-order valence-electron chi connectivity index (χ1n) is 13.5. The van der Waals surface area contributed by atoms with Crippen LogP contribution in [0.25, 0.3) is 0 Å². The lowest BCUT2D eigenvalue weighted by Crippen LogP contribution is -2.57. The van der Waals surface area contributed by atoms with E-state index in [4.69, 9.17) is 9.47 Å². The first-order valence-corrected chi connectivity index (χ1v) is 13.5. The van der Waals surface area contributed by atoms with Crippen LogP contribution in [-0.4, -0.2) is 73.8 Å². The number of morpholine rings is 1. The summed E-state index contributed by atoms with van der Waals surface area (Å²) >= 11 is 0. The average Bonchev–Trinajstić information content (AvgIpc) is 2.93. The topological polar surface area (TPSA) is 54.0 Å². The minimum atomic E-state index is -4.41. The summed E-state index contributed by atoms with van der Waals surface area (Å²) in [6.45, 7) is 9.05. The van der Waals surface area contributed by atoms with Gasteiger partial charge >= 0.3 is 6.18 Å². The van der Waals surface area contributed by atoms with Gasteiger partial charge in [-0.2, -0.15) is 13.2 Å². The van der Waals surface area contributed by atoms with Gasteiger partial charge in [0, 0.05) is 50.4 Å². The van der Waals surface area contributed by atoms with Crippen molar-refractivity contribution in [1.82, 2.24) is 15.1 Å². The van der Waals surface area contributed by atoms with E-state index in [2.05, 4.69) is 36.2 Å². The molecule has 2 unspecified atom stereocenters. The molecule has 1 amide bonds. The fourth-order valence-corrected chi connectivity index (χ4v) is 6.00. The van der Waals surface area contributed by atoms with E-state index in [0.29, 0.717) is 31.9 Å². The molecule has 0 saturated carbocycles. The summed E-state index contributed by atoms with van der Waals surface area (Å²) in [4.78, 5) is 17.4. The third kappa shape index (κ3) is 5.70. The lowest BCUT2D eigenvalue weighted by Gasteiger charge is -2.49. The number of carbonyl (C=O) groups excluding carboxylic acids is 1. The third-order valence-electron chi connectivity index (χ3n) is 8.26. The Labute approximate surface area is 222 Å².